The van der Waals surface area contributed by atoms with Crippen molar-refractivity contribution in [2.45, 2.75) is 0 Å². The standard InChI is InChI=1S/C12H7F2N3O4/c13-6-3-5(12(20)21)9(4-7(6)14)15-11(19)8-1-2-10(18)17-16-8/h1-4H,(H,15,19)(H,17,18)(H,20,21). The smallest absolute Gasteiger partial charge is 0.337 e. The molecule has 2 rings (SSSR count). The van der Waals surface area contributed by atoms with Gasteiger partial charge in [0, 0.05) is 12.1 Å². The van der Waals surface area contributed by atoms with Gasteiger partial charge in [-0.3, -0.25) is 9.59 Å². The van der Waals surface area contributed by atoms with Gasteiger partial charge in [0.2, 0.25) is 0 Å². The zero-order chi connectivity index (χ0) is 15.6. The highest BCUT2D eigenvalue weighted by Gasteiger charge is 2.18. The fourth-order valence-corrected chi connectivity index (χ4v) is 1.48. The van der Waals surface area contributed by atoms with Crippen molar-refractivity contribution in [3.8, 4) is 0 Å². The molecule has 0 bridgehead atoms. The number of aromatic nitrogens is 2. The van der Waals surface area contributed by atoms with Crippen molar-refractivity contribution >= 4 is 17.6 Å². The SMILES string of the molecule is O=C(Nc1cc(F)c(F)cc1C(=O)O)c1ccc(=O)[nH]n1. The summed E-state index contributed by atoms with van der Waals surface area (Å²) in [7, 11) is 0. The van der Waals surface area contributed by atoms with Crippen molar-refractivity contribution < 1.29 is 23.5 Å². The van der Waals surface area contributed by atoms with Crippen molar-refractivity contribution in [1.29, 1.82) is 0 Å². The predicted molar refractivity (Wildman–Crippen MR) is 66.1 cm³/mol. The summed E-state index contributed by atoms with van der Waals surface area (Å²) in [4.78, 5) is 33.5. The van der Waals surface area contributed by atoms with E-state index in [4.69, 9.17) is 5.11 Å². The molecular weight excluding hydrogens is 288 g/mol. The highest BCUT2D eigenvalue weighted by atomic mass is 19.2. The van der Waals surface area contributed by atoms with E-state index in [0.717, 1.165) is 12.1 Å². The van der Waals surface area contributed by atoms with Crippen LogP contribution < -0.4 is 10.9 Å². The molecule has 0 radical (unpaired) electrons. The number of hydrogen-bond acceptors (Lipinski definition) is 4. The Morgan fingerprint density at radius 1 is 1.19 bits per heavy atom. The first-order chi connectivity index (χ1) is 9.88. The van der Waals surface area contributed by atoms with Crippen LogP contribution in [-0.4, -0.2) is 27.2 Å². The lowest BCUT2D eigenvalue weighted by atomic mass is 10.1. The van der Waals surface area contributed by atoms with E-state index in [9.17, 15) is 23.2 Å². The normalized spacial score (nSPS) is 10.2. The maximum atomic E-state index is 13.1. The Bertz CT molecular complexity index is 768. The number of rotatable bonds is 3. The average Bonchev–Trinajstić information content (AvgIpc) is 2.43. The Labute approximate surface area is 115 Å². The zero-order valence-corrected chi connectivity index (χ0v) is 10.2. The molecule has 0 saturated carbocycles. The first-order valence-corrected chi connectivity index (χ1v) is 5.48. The lowest BCUT2D eigenvalue weighted by Gasteiger charge is -2.08. The first kappa shape index (κ1) is 14.3. The quantitative estimate of drug-likeness (QED) is 0.782. The summed E-state index contributed by atoms with van der Waals surface area (Å²) in [6.07, 6.45) is 0. The highest BCUT2D eigenvalue weighted by Crippen LogP contribution is 2.20. The van der Waals surface area contributed by atoms with Crippen LogP contribution >= 0.6 is 0 Å². The third-order valence-electron chi connectivity index (χ3n) is 2.45. The van der Waals surface area contributed by atoms with Crippen LogP contribution in [-0.2, 0) is 0 Å². The van der Waals surface area contributed by atoms with Gasteiger partial charge in [-0.25, -0.2) is 18.7 Å². The molecule has 1 aromatic carbocycles. The number of aromatic carboxylic acids is 1. The molecule has 0 aliphatic rings. The maximum Gasteiger partial charge on any atom is 0.337 e. The van der Waals surface area contributed by atoms with Gasteiger partial charge in [-0.05, 0) is 12.1 Å². The number of carboxylic acid groups (broad SMARTS) is 1. The fourth-order valence-electron chi connectivity index (χ4n) is 1.48. The Balaban J connectivity index is 2.36. The molecule has 108 valence electrons. The van der Waals surface area contributed by atoms with Crippen molar-refractivity contribution in [2.75, 3.05) is 5.32 Å². The molecular formula is C12H7F2N3O4. The third-order valence-corrected chi connectivity index (χ3v) is 2.45. The predicted octanol–water partition coefficient (Wildman–Crippen LogP) is 0.999. The van der Waals surface area contributed by atoms with Crippen LogP contribution in [0.2, 0.25) is 0 Å². The number of nitrogens with zero attached hydrogens (tertiary/aromatic N) is 1. The second kappa shape index (κ2) is 5.49. The molecule has 2 aromatic rings. The summed E-state index contributed by atoms with van der Waals surface area (Å²) >= 11 is 0. The molecule has 7 nitrogen and oxygen atoms in total. The summed E-state index contributed by atoms with van der Waals surface area (Å²) in [6.45, 7) is 0. The van der Waals surface area contributed by atoms with E-state index < -0.39 is 40.3 Å². The summed E-state index contributed by atoms with van der Waals surface area (Å²) in [5.41, 5.74) is -1.81. The first-order valence-electron chi connectivity index (χ1n) is 5.48. The molecule has 0 fully saturated rings. The molecule has 0 spiro atoms. The van der Waals surface area contributed by atoms with Gasteiger partial charge in [-0.2, -0.15) is 5.10 Å². The van der Waals surface area contributed by atoms with Crippen LogP contribution in [0.25, 0.3) is 0 Å². The Morgan fingerprint density at radius 3 is 2.43 bits per heavy atom. The number of benzene rings is 1. The molecule has 0 unspecified atom stereocenters. The molecule has 3 N–H and O–H groups in total. The lowest BCUT2D eigenvalue weighted by molar-refractivity contribution is 0.0697. The van der Waals surface area contributed by atoms with Gasteiger partial charge in [0.05, 0.1) is 11.3 Å². The molecule has 0 aliphatic carbocycles. The molecule has 1 heterocycles. The van der Waals surface area contributed by atoms with E-state index >= 15 is 0 Å². The van der Waals surface area contributed by atoms with E-state index in [1.54, 1.807) is 0 Å². The van der Waals surface area contributed by atoms with E-state index in [2.05, 4.69) is 10.4 Å². The van der Waals surface area contributed by atoms with Crippen LogP contribution in [0.15, 0.2) is 29.1 Å². The average molecular weight is 295 g/mol. The molecule has 21 heavy (non-hydrogen) atoms. The number of H-pyrrole nitrogens is 1. The van der Waals surface area contributed by atoms with Gasteiger partial charge >= 0.3 is 5.97 Å². The summed E-state index contributed by atoms with van der Waals surface area (Å²) in [5.74, 6) is -5.10. The molecule has 1 amide bonds. The monoisotopic (exact) mass is 295 g/mol. The highest BCUT2D eigenvalue weighted by molar-refractivity contribution is 6.06. The summed E-state index contributed by atoms with van der Waals surface area (Å²) in [6, 6.07) is 3.12. The molecule has 1 aromatic heterocycles. The minimum atomic E-state index is -1.54. The molecule has 0 atom stereocenters. The van der Waals surface area contributed by atoms with Crippen molar-refractivity contribution in [3.63, 3.8) is 0 Å². The van der Waals surface area contributed by atoms with Gasteiger partial charge in [-0.15, -0.1) is 0 Å². The number of carbonyl (C=O) groups is 2. The largest absolute Gasteiger partial charge is 0.478 e. The second-order valence-corrected chi connectivity index (χ2v) is 3.88. The number of anilines is 1. The number of hydrogen-bond donors (Lipinski definition) is 3. The Morgan fingerprint density at radius 2 is 1.86 bits per heavy atom. The summed E-state index contributed by atoms with van der Waals surface area (Å²) < 4.78 is 26.2. The summed E-state index contributed by atoms with van der Waals surface area (Å²) in [5, 5.41) is 16.4. The number of amides is 1. The lowest BCUT2D eigenvalue weighted by Crippen LogP contribution is -2.19. The van der Waals surface area contributed by atoms with E-state index in [1.165, 1.54) is 0 Å². The second-order valence-electron chi connectivity index (χ2n) is 3.88. The number of carbonyl (C=O) groups excluding carboxylic acids is 1. The van der Waals surface area contributed by atoms with Crippen molar-refractivity contribution in [2.24, 2.45) is 0 Å². The van der Waals surface area contributed by atoms with Gasteiger partial charge < -0.3 is 10.4 Å². The van der Waals surface area contributed by atoms with Crippen LogP contribution in [0, 0.1) is 11.6 Å². The van der Waals surface area contributed by atoms with Crippen molar-refractivity contribution in [1.82, 2.24) is 10.2 Å². The van der Waals surface area contributed by atoms with E-state index in [0.29, 0.717) is 12.1 Å². The molecule has 0 aliphatic heterocycles. The Hall–Kier alpha value is -3.10. The maximum absolute atomic E-state index is 13.1. The third kappa shape index (κ3) is 3.08. The number of nitrogens with one attached hydrogen (secondary N) is 2. The van der Waals surface area contributed by atoms with Gasteiger partial charge in [0.15, 0.2) is 11.6 Å². The van der Waals surface area contributed by atoms with Gasteiger partial charge in [-0.1, -0.05) is 0 Å². The molecule has 0 saturated heterocycles. The topological polar surface area (TPSA) is 112 Å². The fraction of sp³-hybridized carbons (Fsp3) is 0. The van der Waals surface area contributed by atoms with Crippen molar-refractivity contribution in [3.05, 3.63) is 57.5 Å². The Kier molecular flexibility index (Phi) is 3.74. The number of carboxylic acids is 1. The van der Waals surface area contributed by atoms with Crippen LogP contribution in [0.5, 0.6) is 0 Å². The number of halogens is 2. The van der Waals surface area contributed by atoms with E-state index in [-0.39, 0.29) is 5.69 Å². The van der Waals surface area contributed by atoms with E-state index in [1.807, 2.05) is 5.10 Å². The minimum Gasteiger partial charge on any atom is -0.478 e. The van der Waals surface area contributed by atoms with Gasteiger partial charge in [0.1, 0.15) is 5.69 Å². The zero-order valence-electron chi connectivity index (χ0n) is 10.2. The van der Waals surface area contributed by atoms with Gasteiger partial charge in [0.25, 0.3) is 11.5 Å². The number of aromatic amines is 1. The molecule has 9 heteroatoms. The van der Waals surface area contributed by atoms with Crippen LogP contribution in [0.4, 0.5) is 14.5 Å². The minimum absolute atomic E-state index is 0.226. The van der Waals surface area contributed by atoms with Crippen LogP contribution in [0.1, 0.15) is 20.8 Å². The van der Waals surface area contributed by atoms with Crippen LogP contribution in [0.3, 0.4) is 0 Å².